The standard InChI is InChI=1S/C13H26N2OS/c1-11-4-6-13(10-14,7-5-11)12(16)15-8-3-9-17-2/h11H,3-10,14H2,1-2H3,(H,15,16). The summed E-state index contributed by atoms with van der Waals surface area (Å²) in [4.78, 5) is 12.2. The summed E-state index contributed by atoms with van der Waals surface area (Å²) in [5.74, 6) is 2.04. The van der Waals surface area contributed by atoms with E-state index < -0.39 is 0 Å². The highest BCUT2D eigenvalue weighted by atomic mass is 32.2. The van der Waals surface area contributed by atoms with Crippen LogP contribution in [0, 0.1) is 11.3 Å². The van der Waals surface area contributed by atoms with E-state index in [0.29, 0.717) is 6.54 Å². The molecule has 3 nitrogen and oxygen atoms in total. The van der Waals surface area contributed by atoms with Crippen LogP contribution in [-0.2, 0) is 4.79 Å². The molecule has 0 aromatic heterocycles. The molecule has 4 heteroatoms. The molecule has 1 saturated carbocycles. The minimum absolute atomic E-state index is 0.188. The van der Waals surface area contributed by atoms with Crippen LogP contribution in [0.5, 0.6) is 0 Å². The summed E-state index contributed by atoms with van der Waals surface area (Å²) < 4.78 is 0. The Kier molecular flexibility index (Phi) is 6.34. The molecule has 0 aromatic rings. The smallest absolute Gasteiger partial charge is 0.227 e. The highest BCUT2D eigenvalue weighted by Crippen LogP contribution is 2.38. The molecule has 0 aliphatic heterocycles. The van der Waals surface area contributed by atoms with E-state index in [9.17, 15) is 4.79 Å². The van der Waals surface area contributed by atoms with Crippen molar-refractivity contribution in [1.29, 1.82) is 0 Å². The molecule has 1 aliphatic rings. The quantitative estimate of drug-likeness (QED) is 0.717. The fraction of sp³-hybridized carbons (Fsp3) is 0.923. The molecule has 0 spiro atoms. The van der Waals surface area contributed by atoms with E-state index in [1.807, 2.05) is 11.8 Å². The molecule has 1 rings (SSSR count). The summed E-state index contributed by atoms with van der Waals surface area (Å²) in [6.45, 7) is 3.54. The van der Waals surface area contributed by atoms with E-state index in [-0.39, 0.29) is 11.3 Å². The molecular formula is C13H26N2OS. The SMILES string of the molecule is CSCCCNC(=O)C1(CN)CCC(C)CC1. The third-order valence-electron chi connectivity index (χ3n) is 3.91. The first kappa shape index (κ1) is 14.8. The molecule has 100 valence electrons. The maximum absolute atomic E-state index is 12.2. The van der Waals surface area contributed by atoms with Crippen molar-refractivity contribution in [2.45, 2.75) is 39.0 Å². The number of amides is 1. The Morgan fingerprint density at radius 1 is 1.47 bits per heavy atom. The van der Waals surface area contributed by atoms with Gasteiger partial charge in [0.05, 0.1) is 5.41 Å². The van der Waals surface area contributed by atoms with Gasteiger partial charge in [0, 0.05) is 13.1 Å². The molecule has 1 amide bonds. The fourth-order valence-electron chi connectivity index (χ4n) is 2.44. The lowest BCUT2D eigenvalue weighted by atomic mass is 9.70. The number of nitrogens with one attached hydrogen (secondary N) is 1. The summed E-state index contributed by atoms with van der Waals surface area (Å²) in [6.07, 6.45) is 7.32. The number of nitrogens with two attached hydrogens (primary N) is 1. The molecule has 0 unspecified atom stereocenters. The predicted octanol–water partition coefficient (Wildman–Crippen LogP) is 2.01. The maximum atomic E-state index is 12.2. The van der Waals surface area contributed by atoms with Crippen LogP contribution in [0.3, 0.4) is 0 Å². The molecule has 0 bridgehead atoms. The third-order valence-corrected chi connectivity index (χ3v) is 4.61. The Bertz CT molecular complexity index is 238. The number of hydrogen-bond donors (Lipinski definition) is 2. The summed E-state index contributed by atoms with van der Waals surface area (Å²) in [5, 5.41) is 3.06. The zero-order valence-corrected chi connectivity index (χ0v) is 11.9. The Hall–Kier alpha value is -0.220. The van der Waals surface area contributed by atoms with Gasteiger partial charge in [-0.25, -0.2) is 0 Å². The predicted molar refractivity (Wildman–Crippen MR) is 75.1 cm³/mol. The normalized spacial score (nSPS) is 29.0. The number of carbonyl (C=O) groups excluding carboxylic acids is 1. The van der Waals surface area contributed by atoms with Crippen LogP contribution in [0.4, 0.5) is 0 Å². The van der Waals surface area contributed by atoms with Crippen molar-refractivity contribution in [3.8, 4) is 0 Å². The Labute approximate surface area is 109 Å². The third kappa shape index (κ3) is 4.18. The highest BCUT2D eigenvalue weighted by Gasteiger charge is 2.39. The minimum Gasteiger partial charge on any atom is -0.356 e. The van der Waals surface area contributed by atoms with E-state index in [1.165, 1.54) is 0 Å². The van der Waals surface area contributed by atoms with Gasteiger partial charge in [0.1, 0.15) is 0 Å². The van der Waals surface area contributed by atoms with E-state index in [1.54, 1.807) is 0 Å². The van der Waals surface area contributed by atoms with Crippen molar-refractivity contribution in [2.75, 3.05) is 25.1 Å². The van der Waals surface area contributed by atoms with Crippen LogP contribution in [0.15, 0.2) is 0 Å². The van der Waals surface area contributed by atoms with Crippen LogP contribution >= 0.6 is 11.8 Å². The van der Waals surface area contributed by atoms with Gasteiger partial charge in [-0.05, 0) is 50.0 Å². The topological polar surface area (TPSA) is 55.1 Å². The average molecular weight is 258 g/mol. The van der Waals surface area contributed by atoms with Gasteiger partial charge in [0.2, 0.25) is 5.91 Å². The van der Waals surface area contributed by atoms with Crippen LogP contribution < -0.4 is 11.1 Å². The fourth-order valence-corrected chi connectivity index (χ4v) is 2.88. The lowest BCUT2D eigenvalue weighted by Crippen LogP contribution is -2.48. The molecular weight excluding hydrogens is 232 g/mol. The van der Waals surface area contributed by atoms with Crippen molar-refractivity contribution in [3.63, 3.8) is 0 Å². The minimum atomic E-state index is -0.272. The van der Waals surface area contributed by atoms with E-state index in [0.717, 1.165) is 50.3 Å². The zero-order valence-electron chi connectivity index (χ0n) is 11.1. The Morgan fingerprint density at radius 3 is 2.65 bits per heavy atom. The summed E-state index contributed by atoms with van der Waals surface area (Å²) in [7, 11) is 0. The highest BCUT2D eigenvalue weighted by molar-refractivity contribution is 7.98. The van der Waals surface area contributed by atoms with Gasteiger partial charge in [-0.2, -0.15) is 11.8 Å². The van der Waals surface area contributed by atoms with Crippen molar-refractivity contribution < 1.29 is 4.79 Å². The molecule has 0 atom stereocenters. The van der Waals surface area contributed by atoms with Gasteiger partial charge >= 0.3 is 0 Å². The second-order valence-corrected chi connectivity index (χ2v) is 6.25. The van der Waals surface area contributed by atoms with E-state index in [4.69, 9.17) is 5.73 Å². The average Bonchev–Trinajstić information content (AvgIpc) is 2.36. The van der Waals surface area contributed by atoms with Gasteiger partial charge < -0.3 is 11.1 Å². The second-order valence-electron chi connectivity index (χ2n) is 5.27. The van der Waals surface area contributed by atoms with Gasteiger partial charge in [0.25, 0.3) is 0 Å². The molecule has 1 fully saturated rings. The van der Waals surface area contributed by atoms with Crippen molar-refractivity contribution >= 4 is 17.7 Å². The van der Waals surface area contributed by atoms with Crippen LogP contribution in [0.1, 0.15) is 39.0 Å². The molecule has 17 heavy (non-hydrogen) atoms. The summed E-state index contributed by atoms with van der Waals surface area (Å²) in [6, 6.07) is 0. The Morgan fingerprint density at radius 2 is 2.12 bits per heavy atom. The lowest BCUT2D eigenvalue weighted by molar-refractivity contribution is -0.132. The largest absolute Gasteiger partial charge is 0.356 e. The first-order chi connectivity index (χ1) is 8.14. The van der Waals surface area contributed by atoms with E-state index >= 15 is 0 Å². The molecule has 0 radical (unpaired) electrons. The summed E-state index contributed by atoms with van der Waals surface area (Å²) in [5.41, 5.74) is 5.58. The van der Waals surface area contributed by atoms with Crippen molar-refractivity contribution in [3.05, 3.63) is 0 Å². The van der Waals surface area contributed by atoms with Crippen molar-refractivity contribution in [2.24, 2.45) is 17.1 Å². The zero-order chi connectivity index (χ0) is 12.7. The number of rotatable bonds is 6. The second kappa shape index (κ2) is 7.27. The van der Waals surface area contributed by atoms with Gasteiger partial charge in [-0.1, -0.05) is 6.92 Å². The van der Waals surface area contributed by atoms with Gasteiger partial charge in [-0.15, -0.1) is 0 Å². The monoisotopic (exact) mass is 258 g/mol. The number of thioether (sulfide) groups is 1. The first-order valence-corrected chi connectivity index (χ1v) is 8.01. The van der Waals surface area contributed by atoms with Crippen LogP contribution in [0.2, 0.25) is 0 Å². The molecule has 0 saturated heterocycles. The van der Waals surface area contributed by atoms with Crippen LogP contribution in [0.25, 0.3) is 0 Å². The van der Waals surface area contributed by atoms with Gasteiger partial charge in [-0.3, -0.25) is 4.79 Å². The molecule has 0 aromatic carbocycles. The molecule has 3 N–H and O–H groups in total. The number of hydrogen-bond acceptors (Lipinski definition) is 3. The molecule has 1 aliphatic carbocycles. The summed E-state index contributed by atoms with van der Waals surface area (Å²) >= 11 is 1.82. The van der Waals surface area contributed by atoms with E-state index in [2.05, 4.69) is 18.5 Å². The maximum Gasteiger partial charge on any atom is 0.227 e. The number of carbonyl (C=O) groups is 1. The van der Waals surface area contributed by atoms with Gasteiger partial charge in [0.15, 0.2) is 0 Å². The molecule has 0 heterocycles. The lowest BCUT2D eigenvalue weighted by Gasteiger charge is -2.37. The Balaban J connectivity index is 2.40. The van der Waals surface area contributed by atoms with Crippen LogP contribution in [-0.4, -0.2) is 31.0 Å². The first-order valence-electron chi connectivity index (χ1n) is 6.62. The van der Waals surface area contributed by atoms with Crippen molar-refractivity contribution in [1.82, 2.24) is 5.32 Å².